The summed E-state index contributed by atoms with van der Waals surface area (Å²) in [5.74, 6) is 0. The van der Waals surface area contributed by atoms with Gasteiger partial charge in [-0.2, -0.15) is 0 Å². The first-order valence-electron chi connectivity index (χ1n) is 6.60. The number of hydrogen-bond donors (Lipinski definition) is 1. The van der Waals surface area contributed by atoms with Crippen molar-refractivity contribution in [3.8, 4) is 0 Å². The molecule has 0 fully saturated rings. The van der Waals surface area contributed by atoms with Gasteiger partial charge in [-0.1, -0.05) is 37.6 Å². The van der Waals surface area contributed by atoms with Crippen LogP contribution in [0.5, 0.6) is 0 Å². The molecule has 17 heavy (non-hydrogen) atoms. The molecule has 0 aromatic heterocycles. The Balaban J connectivity index is 2.50. The van der Waals surface area contributed by atoms with E-state index < -0.39 is 0 Å². The fraction of sp³-hybridized carbons (Fsp3) is 0.600. The molecule has 1 unspecified atom stereocenters. The number of hydrogen-bond acceptors (Lipinski definition) is 2. The Bertz CT molecular complexity index is 305. The summed E-state index contributed by atoms with van der Waals surface area (Å²) in [4.78, 5) is 2.43. The number of rotatable bonds is 7. The van der Waals surface area contributed by atoms with Crippen molar-refractivity contribution in [1.29, 1.82) is 0 Å². The molecular weight excluding hydrogens is 208 g/mol. The maximum Gasteiger partial charge on any atom is 0.0233 e. The van der Waals surface area contributed by atoms with Crippen LogP contribution in [0.15, 0.2) is 24.3 Å². The second kappa shape index (κ2) is 7.46. The van der Waals surface area contributed by atoms with Gasteiger partial charge in [-0.05, 0) is 38.6 Å². The van der Waals surface area contributed by atoms with Crippen molar-refractivity contribution in [2.75, 3.05) is 14.1 Å². The third kappa shape index (κ3) is 4.88. The molecular formula is C15H26N2. The second-order valence-corrected chi connectivity index (χ2v) is 4.90. The predicted octanol–water partition coefficient (Wildman–Crippen LogP) is 3.03. The highest BCUT2D eigenvalue weighted by Gasteiger charge is 2.08. The predicted molar refractivity (Wildman–Crippen MR) is 75.0 cm³/mol. The molecule has 0 aliphatic heterocycles. The van der Waals surface area contributed by atoms with Crippen LogP contribution in [-0.2, 0) is 13.1 Å². The van der Waals surface area contributed by atoms with Gasteiger partial charge in [0.1, 0.15) is 0 Å². The summed E-state index contributed by atoms with van der Waals surface area (Å²) in [6, 6.07) is 9.56. The molecule has 1 aromatic carbocycles. The normalized spacial score (nSPS) is 13.0. The minimum Gasteiger partial charge on any atom is -0.316 e. The zero-order valence-corrected chi connectivity index (χ0v) is 11.7. The van der Waals surface area contributed by atoms with Crippen LogP contribution in [0.4, 0.5) is 0 Å². The highest BCUT2D eigenvalue weighted by Crippen LogP contribution is 2.11. The van der Waals surface area contributed by atoms with Gasteiger partial charge < -0.3 is 5.32 Å². The molecule has 1 rings (SSSR count). The second-order valence-electron chi connectivity index (χ2n) is 4.90. The molecule has 0 heterocycles. The maximum atomic E-state index is 3.17. The van der Waals surface area contributed by atoms with Crippen molar-refractivity contribution >= 4 is 0 Å². The molecule has 1 atom stereocenters. The molecule has 0 amide bonds. The summed E-state index contributed by atoms with van der Waals surface area (Å²) in [6.07, 6.45) is 2.53. The molecule has 0 radical (unpaired) electrons. The minimum atomic E-state index is 0.664. The van der Waals surface area contributed by atoms with Crippen LogP contribution >= 0.6 is 0 Å². The van der Waals surface area contributed by atoms with Crippen LogP contribution in [0.2, 0.25) is 0 Å². The van der Waals surface area contributed by atoms with Gasteiger partial charge in [0.05, 0.1) is 0 Å². The lowest BCUT2D eigenvalue weighted by molar-refractivity contribution is 0.237. The Labute approximate surface area is 106 Å². The smallest absolute Gasteiger partial charge is 0.0233 e. The number of nitrogens with one attached hydrogen (secondary N) is 1. The molecule has 2 nitrogen and oxygen atoms in total. The summed E-state index contributed by atoms with van der Waals surface area (Å²) in [5, 5.41) is 3.17. The van der Waals surface area contributed by atoms with Crippen molar-refractivity contribution in [3.63, 3.8) is 0 Å². The number of benzene rings is 1. The third-order valence-electron chi connectivity index (χ3n) is 3.29. The molecule has 2 heteroatoms. The Kier molecular flexibility index (Phi) is 6.23. The van der Waals surface area contributed by atoms with Crippen LogP contribution in [0.25, 0.3) is 0 Å². The Morgan fingerprint density at radius 1 is 1.18 bits per heavy atom. The topological polar surface area (TPSA) is 15.3 Å². The van der Waals surface area contributed by atoms with Gasteiger partial charge in [0.2, 0.25) is 0 Å². The highest BCUT2D eigenvalue weighted by molar-refractivity contribution is 5.22. The first-order chi connectivity index (χ1) is 8.17. The average Bonchev–Trinajstić information content (AvgIpc) is 2.32. The average molecular weight is 234 g/mol. The van der Waals surface area contributed by atoms with Crippen molar-refractivity contribution in [2.45, 2.75) is 45.8 Å². The van der Waals surface area contributed by atoms with Gasteiger partial charge in [-0.15, -0.1) is 0 Å². The lowest BCUT2D eigenvalue weighted by atomic mass is 10.1. The van der Waals surface area contributed by atoms with E-state index in [0.717, 1.165) is 13.1 Å². The lowest BCUT2D eigenvalue weighted by Crippen LogP contribution is -2.28. The van der Waals surface area contributed by atoms with Gasteiger partial charge in [-0.25, -0.2) is 0 Å². The van der Waals surface area contributed by atoms with Gasteiger partial charge in [0.25, 0.3) is 0 Å². The van der Waals surface area contributed by atoms with E-state index in [4.69, 9.17) is 0 Å². The van der Waals surface area contributed by atoms with E-state index in [1.807, 2.05) is 7.05 Å². The van der Waals surface area contributed by atoms with Crippen molar-refractivity contribution in [1.82, 2.24) is 10.2 Å². The van der Waals surface area contributed by atoms with E-state index in [0.29, 0.717) is 6.04 Å². The van der Waals surface area contributed by atoms with Gasteiger partial charge in [-0.3, -0.25) is 4.90 Å². The quantitative estimate of drug-likeness (QED) is 0.780. The van der Waals surface area contributed by atoms with Crippen LogP contribution in [-0.4, -0.2) is 25.0 Å². The van der Waals surface area contributed by atoms with Gasteiger partial charge >= 0.3 is 0 Å². The Morgan fingerprint density at radius 2 is 1.76 bits per heavy atom. The van der Waals surface area contributed by atoms with E-state index >= 15 is 0 Å². The molecule has 1 N–H and O–H groups in total. The van der Waals surface area contributed by atoms with Crippen LogP contribution in [0.3, 0.4) is 0 Å². The zero-order valence-electron chi connectivity index (χ0n) is 11.7. The summed E-state index contributed by atoms with van der Waals surface area (Å²) in [6.45, 7) is 6.54. The van der Waals surface area contributed by atoms with Crippen LogP contribution in [0.1, 0.15) is 37.8 Å². The summed E-state index contributed by atoms with van der Waals surface area (Å²) < 4.78 is 0. The first-order valence-corrected chi connectivity index (χ1v) is 6.60. The van der Waals surface area contributed by atoms with Crippen molar-refractivity contribution < 1.29 is 0 Å². The van der Waals surface area contributed by atoms with E-state index in [-0.39, 0.29) is 0 Å². The summed E-state index contributed by atoms with van der Waals surface area (Å²) in [5.41, 5.74) is 2.75. The fourth-order valence-electron chi connectivity index (χ4n) is 2.05. The highest BCUT2D eigenvalue weighted by atomic mass is 15.1. The van der Waals surface area contributed by atoms with Gasteiger partial charge in [0, 0.05) is 19.1 Å². The number of nitrogens with zero attached hydrogens (tertiary/aromatic N) is 1. The SMILES string of the molecule is CCCC(C)N(C)Cc1ccc(CNC)cc1. The van der Waals surface area contributed by atoms with E-state index in [1.54, 1.807) is 0 Å². The molecule has 0 aliphatic rings. The minimum absolute atomic E-state index is 0.664. The summed E-state index contributed by atoms with van der Waals surface area (Å²) in [7, 11) is 4.19. The Hall–Kier alpha value is -0.860. The first kappa shape index (κ1) is 14.2. The largest absolute Gasteiger partial charge is 0.316 e. The van der Waals surface area contributed by atoms with Crippen molar-refractivity contribution in [2.24, 2.45) is 0 Å². The molecule has 0 aliphatic carbocycles. The lowest BCUT2D eigenvalue weighted by Gasteiger charge is -2.24. The Morgan fingerprint density at radius 3 is 2.29 bits per heavy atom. The molecule has 1 aromatic rings. The summed E-state index contributed by atoms with van der Waals surface area (Å²) >= 11 is 0. The molecule has 0 bridgehead atoms. The van der Waals surface area contributed by atoms with E-state index in [2.05, 4.69) is 55.4 Å². The van der Waals surface area contributed by atoms with Crippen molar-refractivity contribution in [3.05, 3.63) is 35.4 Å². The third-order valence-corrected chi connectivity index (χ3v) is 3.29. The van der Waals surface area contributed by atoms with Crippen LogP contribution < -0.4 is 5.32 Å². The molecule has 0 spiro atoms. The zero-order chi connectivity index (χ0) is 12.7. The maximum absolute atomic E-state index is 3.17. The standard InChI is InChI=1S/C15H26N2/c1-5-6-13(2)17(4)12-15-9-7-14(8-10-15)11-16-3/h7-10,13,16H,5-6,11-12H2,1-4H3. The monoisotopic (exact) mass is 234 g/mol. The fourth-order valence-corrected chi connectivity index (χ4v) is 2.05. The molecule has 0 saturated carbocycles. The van der Waals surface area contributed by atoms with Gasteiger partial charge in [0.15, 0.2) is 0 Å². The molecule has 0 saturated heterocycles. The molecule has 96 valence electrons. The van der Waals surface area contributed by atoms with E-state index in [9.17, 15) is 0 Å². The van der Waals surface area contributed by atoms with Crippen LogP contribution in [0, 0.1) is 0 Å². The van der Waals surface area contributed by atoms with E-state index in [1.165, 1.54) is 24.0 Å².